The minimum atomic E-state index is -4.21. The molecule has 0 bridgehead atoms. The number of rotatable bonds is 10. The largest absolute Gasteiger partial charge is 0.350 e. The van der Waals surface area contributed by atoms with Gasteiger partial charge in [0, 0.05) is 27.2 Å². The summed E-state index contributed by atoms with van der Waals surface area (Å²) in [5.74, 6) is -0.936. The number of carbonyl (C=O) groups is 2. The maximum absolute atomic E-state index is 14.2. The van der Waals surface area contributed by atoms with Crippen molar-refractivity contribution in [3.8, 4) is 0 Å². The second kappa shape index (κ2) is 13.7. The van der Waals surface area contributed by atoms with Crippen LogP contribution in [0.15, 0.2) is 65.6 Å². The first-order valence-corrected chi connectivity index (χ1v) is 16.0. The quantitative estimate of drug-likeness (QED) is 0.251. The number of nitrogens with one attached hydrogen (secondary N) is 1. The Labute approximate surface area is 263 Å². The molecule has 0 saturated heterocycles. The van der Waals surface area contributed by atoms with Crippen LogP contribution in [0.5, 0.6) is 0 Å². The Balaban J connectivity index is 2.12. The number of sulfonamides is 1. The SMILES string of the molecule is CC[C@@H](C(=O)NC(C)(C)C)N(Cc1ccc(Cl)cc1Cl)C(=O)CN(c1ccc(C)c(C)c1)S(=O)(=O)c1ccc(Cl)cc1. The second-order valence-corrected chi connectivity index (χ2v) is 14.3. The molecule has 0 radical (unpaired) electrons. The summed E-state index contributed by atoms with van der Waals surface area (Å²) in [5, 5.41) is 4.07. The molecule has 42 heavy (non-hydrogen) atoms. The van der Waals surface area contributed by atoms with Gasteiger partial charge in [-0.1, -0.05) is 53.9 Å². The summed E-state index contributed by atoms with van der Waals surface area (Å²) in [7, 11) is -4.21. The van der Waals surface area contributed by atoms with Crippen LogP contribution in [-0.2, 0) is 26.2 Å². The van der Waals surface area contributed by atoms with Crippen molar-refractivity contribution in [1.29, 1.82) is 0 Å². The number of nitrogens with zero attached hydrogens (tertiary/aromatic N) is 2. The lowest BCUT2D eigenvalue weighted by molar-refractivity contribution is -0.141. The number of anilines is 1. The average molecular weight is 653 g/mol. The molecule has 226 valence electrons. The van der Waals surface area contributed by atoms with Crippen LogP contribution >= 0.6 is 34.8 Å². The van der Waals surface area contributed by atoms with Crippen molar-refractivity contribution in [2.24, 2.45) is 0 Å². The third kappa shape index (κ3) is 8.40. The second-order valence-electron chi connectivity index (χ2n) is 11.2. The fourth-order valence-corrected chi connectivity index (χ4v) is 6.35. The maximum atomic E-state index is 14.2. The molecule has 0 saturated carbocycles. The van der Waals surface area contributed by atoms with Gasteiger partial charge in [0.2, 0.25) is 11.8 Å². The van der Waals surface area contributed by atoms with Crippen LogP contribution in [0.1, 0.15) is 50.8 Å². The van der Waals surface area contributed by atoms with E-state index in [-0.39, 0.29) is 23.8 Å². The summed E-state index contributed by atoms with van der Waals surface area (Å²) >= 11 is 18.6. The Hall–Kier alpha value is -2.78. The van der Waals surface area contributed by atoms with Gasteiger partial charge < -0.3 is 10.2 Å². The maximum Gasteiger partial charge on any atom is 0.264 e. The van der Waals surface area contributed by atoms with Gasteiger partial charge in [-0.25, -0.2) is 8.42 Å². The van der Waals surface area contributed by atoms with Crippen molar-refractivity contribution >= 4 is 62.3 Å². The molecule has 3 aromatic rings. The van der Waals surface area contributed by atoms with Gasteiger partial charge >= 0.3 is 0 Å². The normalized spacial score (nSPS) is 12.5. The van der Waals surface area contributed by atoms with Gasteiger partial charge in [-0.2, -0.15) is 0 Å². The molecule has 3 rings (SSSR count). The molecule has 0 aromatic heterocycles. The van der Waals surface area contributed by atoms with Gasteiger partial charge in [-0.05, 0) is 106 Å². The molecule has 0 unspecified atom stereocenters. The Kier molecular flexibility index (Phi) is 11.0. The number of carbonyl (C=O) groups excluding carboxylic acids is 2. The van der Waals surface area contributed by atoms with Gasteiger partial charge in [0.05, 0.1) is 10.6 Å². The molecular weight excluding hydrogens is 617 g/mol. The van der Waals surface area contributed by atoms with Gasteiger partial charge in [0.25, 0.3) is 10.0 Å². The van der Waals surface area contributed by atoms with E-state index in [1.54, 1.807) is 43.3 Å². The molecule has 11 heteroatoms. The van der Waals surface area contributed by atoms with Gasteiger partial charge in [0.1, 0.15) is 12.6 Å². The van der Waals surface area contributed by atoms with Crippen LogP contribution < -0.4 is 9.62 Å². The number of hydrogen-bond donors (Lipinski definition) is 1. The summed E-state index contributed by atoms with van der Waals surface area (Å²) < 4.78 is 29.1. The van der Waals surface area contributed by atoms with Crippen molar-refractivity contribution in [3.63, 3.8) is 0 Å². The summed E-state index contributed by atoms with van der Waals surface area (Å²) in [6.07, 6.45) is 0.284. The monoisotopic (exact) mass is 651 g/mol. The fourth-order valence-electron chi connectivity index (χ4n) is 4.35. The first-order valence-electron chi connectivity index (χ1n) is 13.4. The zero-order chi connectivity index (χ0) is 31.4. The minimum absolute atomic E-state index is 0.0252. The smallest absolute Gasteiger partial charge is 0.264 e. The average Bonchev–Trinajstić information content (AvgIpc) is 2.89. The van der Waals surface area contributed by atoms with Crippen molar-refractivity contribution in [3.05, 3.63) is 92.4 Å². The highest BCUT2D eigenvalue weighted by atomic mass is 35.5. The molecule has 2 amide bonds. The van der Waals surface area contributed by atoms with Gasteiger partial charge in [-0.15, -0.1) is 0 Å². The van der Waals surface area contributed by atoms with Crippen molar-refractivity contribution in [2.75, 3.05) is 10.8 Å². The molecule has 0 aliphatic heterocycles. The molecule has 1 N–H and O–H groups in total. The molecule has 3 aromatic carbocycles. The topological polar surface area (TPSA) is 86.8 Å². The third-order valence-corrected chi connectivity index (χ3v) is 9.33. The fraction of sp³-hybridized carbons (Fsp3) is 0.355. The van der Waals surface area contributed by atoms with E-state index < -0.39 is 34.1 Å². The minimum Gasteiger partial charge on any atom is -0.350 e. The van der Waals surface area contributed by atoms with E-state index in [1.807, 2.05) is 34.6 Å². The standard InChI is InChI=1S/C31H36Cl3N3O4S/c1-7-28(30(39)35-31(4,5)6)36(18-22-9-10-24(33)17-27(22)34)29(38)19-37(25-13-8-20(2)21(3)16-25)42(40,41)26-14-11-23(32)12-15-26/h8-17,28H,7,18-19H2,1-6H3,(H,35,39)/t28-/m0/s1. The Morgan fingerprint density at radius 2 is 1.50 bits per heavy atom. The molecule has 0 spiro atoms. The zero-order valence-electron chi connectivity index (χ0n) is 24.5. The van der Waals surface area contributed by atoms with Gasteiger partial charge in [-0.3, -0.25) is 13.9 Å². The van der Waals surface area contributed by atoms with E-state index >= 15 is 0 Å². The summed E-state index contributed by atoms with van der Waals surface area (Å²) in [4.78, 5) is 29.0. The molecule has 7 nitrogen and oxygen atoms in total. The predicted molar refractivity (Wildman–Crippen MR) is 171 cm³/mol. The van der Waals surface area contributed by atoms with Crippen LogP contribution in [0, 0.1) is 13.8 Å². The van der Waals surface area contributed by atoms with Crippen LogP contribution in [0.25, 0.3) is 0 Å². The lowest BCUT2D eigenvalue weighted by atomic mass is 10.1. The third-order valence-electron chi connectivity index (χ3n) is 6.70. The van der Waals surface area contributed by atoms with E-state index in [9.17, 15) is 18.0 Å². The Bertz CT molecular complexity index is 1550. The van der Waals surface area contributed by atoms with Crippen molar-refractivity contribution in [2.45, 2.75) is 71.0 Å². The van der Waals surface area contributed by atoms with Gasteiger partial charge in [0.15, 0.2) is 0 Å². The van der Waals surface area contributed by atoms with E-state index in [0.717, 1.165) is 15.4 Å². The predicted octanol–water partition coefficient (Wildman–Crippen LogP) is 7.18. The molecular formula is C31H36Cl3N3O4S. The Morgan fingerprint density at radius 3 is 2.05 bits per heavy atom. The van der Waals surface area contributed by atoms with Crippen molar-refractivity contribution < 1.29 is 18.0 Å². The molecule has 1 atom stereocenters. The van der Waals surface area contributed by atoms with Crippen LogP contribution in [-0.4, -0.2) is 43.3 Å². The molecule has 0 heterocycles. The Morgan fingerprint density at radius 1 is 0.881 bits per heavy atom. The van der Waals surface area contributed by atoms with E-state index in [4.69, 9.17) is 34.8 Å². The van der Waals surface area contributed by atoms with E-state index in [0.29, 0.717) is 26.3 Å². The number of benzene rings is 3. The lowest BCUT2D eigenvalue weighted by Crippen LogP contribution is -2.55. The highest BCUT2D eigenvalue weighted by molar-refractivity contribution is 7.92. The van der Waals surface area contributed by atoms with Crippen molar-refractivity contribution in [1.82, 2.24) is 10.2 Å². The number of halogens is 3. The van der Waals surface area contributed by atoms with E-state index in [2.05, 4.69) is 5.32 Å². The van der Waals surface area contributed by atoms with Crippen LogP contribution in [0.3, 0.4) is 0 Å². The lowest BCUT2D eigenvalue weighted by Gasteiger charge is -2.35. The zero-order valence-corrected chi connectivity index (χ0v) is 27.6. The molecule has 0 aliphatic rings. The highest BCUT2D eigenvalue weighted by Crippen LogP contribution is 2.28. The number of aryl methyl sites for hydroxylation is 2. The first-order chi connectivity index (χ1) is 19.5. The summed E-state index contributed by atoms with van der Waals surface area (Å²) in [6.45, 7) is 10.5. The molecule has 0 fully saturated rings. The number of amides is 2. The molecule has 0 aliphatic carbocycles. The van der Waals surface area contributed by atoms with Crippen LogP contribution in [0.4, 0.5) is 5.69 Å². The highest BCUT2D eigenvalue weighted by Gasteiger charge is 2.35. The van der Waals surface area contributed by atoms with Crippen LogP contribution in [0.2, 0.25) is 15.1 Å². The summed E-state index contributed by atoms with van der Waals surface area (Å²) in [6, 6.07) is 14.9. The van der Waals surface area contributed by atoms with E-state index in [1.165, 1.54) is 29.2 Å². The first kappa shape index (κ1) is 33.7. The summed E-state index contributed by atoms with van der Waals surface area (Å²) in [5.41, 5.74) is 2.16. The number of hydrogen-bond acceptors (Lipinski definition) is 4.